The number of benzene rings is 2. The normalized spacial score (nSPS) is 16.7. The minimum Gasteiger partial charge on any atom is -0.493 e. The van der Waals surface area contributed by atoms with Crippen LogP contribution in [0.2, 0.25) is 0 Å². The fourth-order valence-corrected chi connectivity index (χ4v) is 3.41. The summed E-state index contributed by atoms with van der Waals surface area (Å²) >= 11 is 0. The molecule has 0 bridgehead atoms. The van der Waals surface area contributed by atoms with E-state index < -0.39 is 6.23 Å². The van der Waals surface area contributed by atoms with Crippen LogP contribution in [0.4, 0.5) is 5.69 Å². The highest BCUT2D eigenvalue weighted by molar-refractivity contribution is 6.05. The van der Waals surface area contributed by atoms with Crippen molar-refractivity contribution in [2.24, 2.45) is 0 Å². The number of amides is 1. The molecule has 1 fully saturated rings. The third-order valence-corrected chi connectivity index (χ3v) is 4.99. The molecule has 8 nitrogen and oxygen atoms in total. The molecule has 2 unspecified atom stereocenters. The molecule has 0 spiro atoms. The first-order chi connectivity index (χ1) is 14.6. The summed E-state index contributed by atoms with van der Waals surface area (Å²) in [6.07, 6.45) is 1.16. The van der Waals surface area contributed by atoms with E-state index in [1.54, 1.807) is 36.4 Å². The van der Waals surface area contributed by atoms with Crippen LogP contribution >= 0.6 is 0 Å². The highest BCUT2D eigenvalue weighted by Crippen LogP contribution is 2.38. The number of aliphatic hydroxyl groups is 1. The molecule has 0 radical (unpaired) electrons. The number of rotatable bonds is 9. The maximum Gasteiger partial charge on any atom is 0.255 e. The number of aliphatic hydroxyl groups excluding tert-OH is 1. The summed E-state index contributed by atoms with van der Waals surface area (Å²) < 4.78 is 21.5. The zero-order valence-electron chi connectivity index (χ0n) is 17.4. The first-order valence-electron chi connectivity index (χ1n) is 9.80. The summed E-state index contributed by atoms with van der Waals surface area (Å²) in [6.45, 7) is 1.29. The van der Waals surface area contributed by atoms with Gasteiger partial charge >= 0.3 is 0 Å². The first-order valence-corrected chi connectivity index (χ1v) is 9.80. The number of carbonyl (C=O) groups is 1. The fourth-order valence-electron chi connectivity index (χ4n) is 3.41. The standard InChI is InChI=1S/C22H28N2O6/c1-27-18-11-14(12-19(28-2)20(18)29-3)21(25)24-17-9-5-4-8-16(17)22(26)23-13-15-7-6-10-30-15/h4-5,8-9,11-12,15,22-23,26H,6-7,10,13H2,1-3H3,(H,24,25). The van der Waals surface area contributed by atoms with E-state index in [9.17, 15) is 9.90 Å². The third kappa shape index (κ3) is 5.02. The van der Waals surface area contributed by atoms with Crippen LogP contribution in [0.3, 0.4) is 0 Å². The van der Waals surface area contributed by atoms with Crippen molar-refractivity contribution in [1.82, 2.24) is 5.32 Å². The van der Waals surface area contributed by atoms with Crippen LogP contribution in [0.5, 0.6) is 17.2 Å². The Morgan fingerprint density at radius 1 is 1.17 bits per heavy atom. The lowest BCUT2D eigenvalue weighted by Crippen LogP contribution is -2.30. The highest BCUT2D eigenvalue weighted by Gasteiger charge is 2.21. The van der Waals surface area contributed by atoms with Gasteiger partial charge < -0.3 is 29.4 Å². The average molecular weight is 416 g/mol. The first kappa shape index (κ1) is 21.9. The van der Waals surface area contributed by atoms with Gasteiger partial charge in [0.1, 0.15) is 6.23 Å². The van der Waals surface area contributed by atoms with Crippen LogP contribution in [-0.4, -0.2) is 51.6 Å². The van der Waals surface area contributed by atoms with Crippen LogP contribution < -0.4 is 24.8 Å². The fraction of sp³-hybridized carbons (Fsp3) is 0.409. The van der Waals surface area contributed by atoms with E-state index in [0.717, 1.165) is 19.4 Å². The summed E-state index contributed by atoms with van der Waals surface area (Å²) in [4.78, 5) is 12.9. The minimum absolute atomic E-state index is 0.0978. The summed E-state index contributed by atoms with van der Waals surface area (Å²) in [6, 6.07) is 10.2. The summed E-state index contributed by atoms with van der Waals surface area (Å²) in [5, 5.41) is 16.5. The highest BCUT2D eigenvalue weighted by atomic mass is 16.5. The number of ether oxygens (including phenoxy) is 4. The van der Waals surface area contributed by atoms with E-state index in [2.05, 4.69) is 10.6 Å². The van der Waals surface area contributed by atoms with E-state index in [-0.39, 0.29) is 12.0 Å². The quantitative estimate of drug-likeness (QED) is 0.541. The Labute approximate surface area is 176 Å². The second kappa shape index (κ2) is 10.3. The number of nitrogens with one attached hydrogen (secondary N) is 2. The number of anilines is 1. The maximum atomic E-state index is 12.9. The second-order valence-electron chi connectivity index (χ2n) is 6.90. The lowest BCUT2D eigenvalue weighted by atomic mass is 10.1. The van der Waals surface area contributed by atoms with Gasteiger partial charge in [-0.2, -0.15) is 0 Å². The number of hydrogen-bond acceptors (Lipinski definition) is 7. The Kier molecular flexibility index (Phi) is 7.51. The van der Waals surface area contributed by atoms with Crippen molar-refractivity contribution < 1.29 is 28.8 Å². The monoisotopic (exact) mass is 416 g/mol. The average Bonchev–Trinajstić information content (AvgIpc) is 3.30. The molecule has 0 saturated carbocycles. The van der Waals surface area contributed by atoms with Crippen LogP contribution in [0, 0.1) is 0 Å². The van der Waals surface area contributed by atoms with Crippen LogP contribution in [0.1, 0.15) is 35.0 Å². The molecule has 8 heteroatoms. The Morgan fingerprint density at radius 2 is 1.87 bits per heavy atom. The molecule has 1 saturated heterocycles. The van der Waals surface area contributed by atoms with E-state index in [1.165, 1.54) is 21.3 Å². The molecule has 30 heavy (non-hydrogen) atoms. The molecule has 2 aromatic carbocycles. The molecule has 1 aliphatic heterocycles. The van der Waals surface area contributed by atoms with Crippen molar-refractivity contribution in [3.8, 4) is 17.2 Å². The number of hydrogen-bond donors (Lipinski definition) is 3. The van der Waals surface area contributed by atoms with Crippen LogP contribution in [0.25, 0.3) is 0 Å². The predicted octanol–water partition coefficient (Wildman–Crippen LogP) is 2.72. The van der Waals surface area contributed by atoms with Gasteiger partial charge in [0.2, 0.25) is 5.75 Å². The molecule has 2 aromatic rings. The molecule has 3 N–H and O–H groups in total. The molecule has 2 atom stereocenters. The molecule has 3 rings (SSSR count). The Bertz CT molecular complexity index is 841. The van der Waals surface area contributed by atoms with Gasteiger partial charge in [-0.3, -0.25) is 10.1 Å². The minimum atomic E-state index is -0.939. The van der Waals surface area contributed by atoms with E-state index in [0.29, 0.717) is 40.6 Å². The van der Waals surface area contributed by atoms with E-state index in [4.69, 9.17) is 18.9 Å². The van der Waals surface area contributed by atoms with Gasteiger partial charge in [0, 0.05) is 30.0 Å². The van der Waals surface area contributed by atoms with Gasteiger partial charge in [-0.05, 0) is 31.0 Å². The topological polar surface area (TPSA) is 98.3 Å². The molecule has 0 aromatic heterocycles. The van der Waals surface area contributed by atoms with Crippen LogP contribution in [-0.2, 0) is 4.74 Å². The van der Waals surface area contributed by atoms with Gasteiger partial charge in [0.25, 0.3) is 5.91 Å². The van der Waals surface area contributed by atoms with Crippen LogP contribution in [0.15, 0.2) is 36.4 Å². The Morgan fingerprint density at radius 3 is 2.47 bits per heavy atom. The summed E-state index contributed by atoms with van der Waals surface area (Å²) in [7, 11) is 4.48. The van der Waals surface area contributed by atoms with E-state index in [1.807, 2.05) is 0 Å². The number of carbonyl (C=O) groups excluding carboxylic acids is 1. The zero-order valence-corrected chi connectivity index (χ0v) is 17.4. The molecule has 1 heterocycles. The largest absolute Gasteiger partial charge is 0.493 e. The van der Waals surface area contributed by atoms with Crippen molar-refractivity contribution in [3.63, 3.8) is 0 Å². The van der Waals surface area contributed by atoms with Crippen molar-refractivity contribution in [1.29, 1.82) is 0 Å². The van der Waals surface area contributed by atoms with Gasteiger partial charge in [-0.25, -0.2) is 0 Å². The van der Waals surface area contributed by atoms with Crippen molar-refractivity contribution in [2.75, 3.05) is 39.8 Å². The number of para-hydroxylation sites is 1. The van der Waals surface area contributed by atoms with Crippen molar-refractivity contribution >= 4 is 11.6 Å². The smallest absolute Gasteiger partial charge is 0.255 e. The molecule has 0 aliphatic carbocycles. The van der Waals surface area contributed by atoms with Crippen molar-refractivity contribution in [3.05, 3.63) is 47.5 Å². The third-order valence-electron chi connectivity index (χ3n) is 4.99. The second-order valence-corrected chi connectivity index (χ2v) is 6.90. The predicted molar refractivity (Wildman–Crippen MR) is 112 cm³/mol. The SMILES string of the molecule is COc1cc(C(=O)Nc2ccccc2C(O)NCC2CCCO2)cc(OC)c1OC. The van der Waals surface area contributed by atoms with Gasteiger partial charge in [-0.1, -0.05) is 18.2 Å². The molecule has 1 amide bonds. The van der Waals surface area contributed by atoms with Gasteiger partial charge in [0.05, 0.1) is 27.4 Å². The van der Waals surface area contributed by atoms with Gasteiger partial charge in [-0.15, -0.1) is 0 Å². The molecule has 1 aliphatic rings. The Balaban J connectivity index is 1.77. The lowest BCUT2D eigenvalue weighted by molar-refractivity contribution is 0.0780. The maximum absolute atomic E-state index is 12.9. The molecule has 162 valence electrons. The number of methoxy groups -OCH3 is 3. The van der Waals surface area contributed by atoms with Gasteiger partial charge in [0.15, 0.2) is 11.5 Å². The lowest BCUT2D eigenvalue weighted by Gasteiger charge is -2.19. The zero-order chi connectivity index (χ0) is 21.5. The van der Waals surface area contributed by atoms with Crippen molar-refractivity contribution in [2.45, 2.75) is 25.2 Å². The molecular weight excluding hydrogens is 388 g/mol. The Hall–Kier alpha value is -2.81. The summed E-state index contributed by atoms with van der Waals surface area (Å²) in [5.74, 6) is 0.806. The van der Waals surface area contributed by atoms with E-state index >= 15 is 0 Å². The summed E-state index contributed by atoms with van der Waals surface area (Å²) in [5.41, 5.74) is 1.40. The molecular formula is C22H28N2O6.